The third-order valence-corrected chi connectivity index (χ3v) is 6.14. The fourth-order valence-electron chi connectivity index (χ4n) is 4.31. The minimum Gasteiger partial charge on any atom is -0.329 e. The average molecular weight is 481 g/mol. The highest BCUT2D eigenvalue weighted by Gasteiger charge is 2.23. The van der Waals surface area contributed by atoms with E-state index in [4.69, 9.17) is 5.10 Å². The van der Waals surface area contributed by atoms with Crippen LogP contribution in [-0.2, 0) is 4.79 Å². The maximum Gasteiger partial charge on any atom is 0.254 e. The summed E-state index contributed by atoms with van der Waals surface area (Å²) in [5.41, 5.74) is 6.22. The summed E-state index contributed by atoms with van der Waals surface area (Å²) in [7, 11) is 0. The number of amides is 2. The number of benzene rings is 3. The van der Waals surface area contributed by atoms with Crippen molar-refractivity contribution in [1.29, 1.82) is 0 Å². The highest BCUT2D eigenvalue weighted by molar-refractivity contribution is 6.01. The fourth-order valence-corrected chi connectivity index (χ4v) is 4.31. The third-order valence-electron chi connectivity index (χ3n) is 6.14. The summed E-state index contributed by atoms with van der Waals surface area (Å²) in [4.78, 5) is 28.2. The third kappa shape index (κ3) is 5.38. The van der Waals surface area contributed by atoms with Crippen LogP contribution in [0, 0.1) is 20.8 Å². The number of anilines is 1. The van der Waals surface area contributed by atoms with Gasteiger partial charge in [-0.05, 0) is 56.5 Å². The molecule has 1 heterocycles. The van der Waals surface area contributed by atoms with Gasteiger partial charge in [-0.2, -0.15) is 5.10 Å². The first-order valence-electron chi connectivity index (χ1n) is 12.3. The van der Waals surface area contributed by atoms with Crippen molar-refractivity contribution in [3.8, 4) is 16.8 Å². The quantitative estimate of drug-likeness (QED) is 0.339. The summed E-state index contributed by atoms with van der Waals surface area (Å²) in [5, 5.41) is 7.90. The van der Waals surface area contributed by atoms with Gasteiger partial charge >= 0.3 is 0 Å². The number of para-hydroxylation sites is 1. The molecule has 0 fully saturated rings. The second kappa shape index (κ2) is 11.0. The monoisotopic (exact) mass is 480 g/mol. The molecular formula is C30H32N4O2. The highest BCUT2D eigenvalue weighted by atomic mass is 16.2. The van der Waals surface area contributed by atoms with Crippen LogP contribution < -0.4 is 5.32 Å². The van der Waals surface area contributed by atoms with Crippen molar-refractivity contribution < 1.29 is 9.59 Å². The molecule has 6 nitrogen and oxygen atoms in total. The minimum atomic E-state index is -0.268. The standard InChI is InChI=1S/C30H32N4O2/c1-5-19-33(30(36)25-17-15-21(2)16-18-25)20-27(35)31-29-28(24-12-7-6-8-13-24)23(4)32-34(29)26-14-10-9-11-22(26)3/h6-18H,5,19-20H2,1-4H3,(H,31,35). The zero-order valence-electron chi connectivity index (χ0n) is 21.3. The molecule has 0 bridgehead atoms. The summed E-state index contributed by atoms with van der Waals surface area (Å²) < 4.78 is 1.79. The lowest BCUT2D eigenvalue weighted by atomic mass is 10.1. The molecule has 0 spiro atoms. The van der Waals surface area contributed by atoms with Crippen molar-refractivity contribution in [3.63, 3.8) is 0 Å². The summed E-state index contributed by atoms with van der Waals surface area (Å²) in [6, 6.07) is 25.3. The normalized spacial score (nSPS) is 10.8. The van der Waals surface area contributed by atoms with Crippen molar-refractivity contribution in [2.24, 2.45) is 0 Å². The Labute approximate surface area is 212 Å². The van der Waals surface area contributed by atoms with Gasteiger partial charge in [0.25, 0.3) is 5.91 Å². The van der Waals surface area contributed by atoms with Crippen molar-refractivity contribution in [2.75, 3.05) is 18.4 Å². The number of nitrogens with zero attached hydrogens (tertiary/aromatic N) is 3. The highest BCUT2D eigenvalue weighted by Crippen LogP contribution is 2.34. The van der Waals surface area contributed by atoms with Crippen LogP contribution in [0.3, 0.4) is 0 Å². The van der Waals surface area contributed by atoms with Gasteiger partial charge in [-0.25, -0.2) is 4.68 Å². The molecule has 0 radical (unpaired) electrons. The largest absolute Gasteiger partial charge is 0.329 e. The summed E-state index contributed by atoms with van der Waals surface area (Å²) in [6.45, 7) is 8.38. The summed E-state index contributed by atoms with van der Waals surface area (Å²) in [6.07, 6.45) is 0.750. The number of nitrogens with one attached hydrogen (secondary N) is 1. The fraction of sp³-hybridized carbons (Fsp3) is 0.233. The second-order valence-corrected chi connectivity index (χ2v) is 9.01. The Morgan fingerprint density at radius 1 is 0.889 bits per heavy atom. The van der Waals surface area contributed by atoms with E-state index in [-0.39, 0.29) is 18.4 Å². The van der Waals surface area contributed by atoms with E-state index in [0.29, 0.717) is 17.9 Å². The van der Waals surface area contributed by atoms with Crippen LogP contribution in [0.25, 0.3) is 16.8 Å². The van der Waals surface area contributed by atoms with Crippen LogP contribution in [0.4, 0.5) is 5.82 Å². The van der Waals surface area contributed by atoms with Crippen molar-refractivity contribution >= 4 is 17.6 Å². The van der Waals surface area contributed by atoms with Crippen molar-refractivity contribution in [1.82, 2.24) is 14.7 Å². The molecule has 184 valence electrons. The van der Waals surface area contributed by atoms with Crippen LogP contribution in [0.2, 0.25) is 0 Å². The van der Waals surface area contributed by atoms with E-state index in [9.17, 15) is 9.59 Å². The molecule has 0 aliphatic heterocycles. The Kier molecular flexibility index (Phi) is 7.64. The van der Waals surface area contributed by atoms with Gasteiger partial charge in [0, 0.05) is 17.7 Å². The van der Waals surface area contributed by atoms with Gasteiger partial charge < -0.3 is 10.2 Å². The van der Waals surface area contributed by atoms with E-state index in [1.165, 1.54) is 0 Å². The molecule has 36 heavy (non-hydrogen) atoms. The Morgan fingerprint density at radius 2 is 1.56 bits per heavy atom. The molecule has 0 aliphatic carbocycles. The Hall–Kier alpha value is -4.19. The first-order chi connectivity index (χ1) is 17.4. The smallest absolute Gasteiger partial charge is 0.254 e. The number of rotatable bonds is 8. The molecule has 3 aromatic carbocycles. The molecule has 0 saturated carbocycles. The van der Waals surface area contributed by atoms with E-state index in [0.717, 1.165) is 40.1 Å². The first kappa shape index (κ1) is 24.9. The zero-order valence-corrected chi connectivity index (χ0v) is 21.3. The Bertz CT molecular complexity index is 1360. The van der Waals surface area contributed by atoms with Gasteiger partial charge in [-0.15, -0.1) is 0 Å². The number of hydrogen-bond acceptors (Lipinski definition) is 3. The first-order valence-corrected chi connectivity index (χ1v) is 12.3. The van der Waals surface area contributed by atoms with E-state index in [2.05, 4.69) is 5.32 Å². The molecule has 6 heteroatoms. The number of hydrogen-bond donors (Lipinski definition) is 1. The van der Waals surface area contributed by atoms with Gasteiger partial charge in [0.1, 0.15) is 12.4 Å². The van der Waals surface area contributed by atoms with Crippen LogP contribution in [-0.4, -0.2) is 39.6 Å². The van der Waals surface area contributed by atoms with Crippen LogP contribution in [0.5, 0.6) is 0 Å². The summed E-state index contributed by atoms with van der Waals surface area (Å²) in [5.74, 6) is 0.173. The molecule has 0 unspecified atom stereocenters. The molecule has 0 saturated heterocycles. The van der Waals surface area contributed by atoms with E-state index >= 15 is 0 Å². The molecule has 1 aromatic heterocycles. The zero-order chi connectivity index (χ0) is 25.7. The number of aromatic nitrogens is 2. The molecular weight excluding hydrogens is 448 g/mol. The van der Waals surface area contributed by atoms with Gasteiger partial charge in [-0.3, -0.25) is 9.59 Å². The lowest BCUT2D eigenvalue weighted by Crippen LogP contribution is -2.38. The Balaban J connectivity index is 1.68. The molecule has 0 atom stereocenters. The predicted octanol–water partition coefficient (Wildman–Crippen LogP) is 5.96. The summed E-state index contributed by atoms with van der Waals surface area (Å²) >= 11 is 0. The topological polar surface area (TPSA) is 67.2 Å². The van der Waals surface area contributed by atoms with Gasteiger partial charge in [0.15, 0.2) is 0 Å². The lowest BCUT2D eigenvalue weighted by molar-refractivity contribution is -0.116. The molecule has 2 amide bonds. The number of aryl methyl sites for hydroxylation is 3. The number of carbonyl (C=O) groups is 2. The molecule has 4 aromatic rings. The van der Waals surface area contributed by atoms with E-state index in [1.54, 1.807) is 9.58 Å². The maximum atomic E-state index is 13.4. The predicted molar refractivity (Wildman–Crippen MR) is 144 cm³/mol. The van der Waals surface area contributed by atoms with E-state index in [1.807, 2.05) is 107 Å². The Morgan fingerprint density at radius 3 is 2.22 bits per heavy atom. The molecule has 1 N–H and O–H groups in total. The molecule has 4 rings (SSSR count). The van der Waals surface area contributed by atoms with Crippen molar-refractivity contribution in [3.05, 3.63) is 101 Å². The molecule has 0 aliphatic rings. The minimum absolute atomic E-state index is 0.0488. The maximum absolute atomic E-state index is 13.4. The average Bonchev–Trinajstić information content (AvgIpc) is 3.19. The lowest BCUT2D eigenvalue weighted by Gasteiger charge is -2.22. The number of carbonyl (C=O) groups excluding carboxylic acids is 2. The van der Waals surface area contributed by atoms with E-state index < -0.39 is 0 Å². The van der Waals surface area contributed by atoms with Gasteiger partial charge in [0.05, 0.1) is 11.4 Å². The van der Waals surface area contributed by atoms with Gasteiger partial charge in [-0.1, -0.05) is 73.2 Å². The van der Waals surface area contributed by atoms with Crippen molar-refractivity contribution in [2.45, 2.75) is 34.1 Å². The van der Waals surface area contributed by atoms with Crippen LogP contribution >= 0.6 is 0 Å². The van der Waals surface area contributed by atoms with Gasteiger partial charge in [0.2, 0.25) is 5.91 Å². The second-order valence-electron chi connectivity index (χ2n) is 9.01. The van der Waals surface area contributed by atoms with Crippen LogP contribution in [0.1, 0.15) is 40.5 Å². The van der Waals surface area contributed by atoms with Crippen LogP contribution in [0.15, 0.2) is 78.9 Å². The SMILES string of the molecule is CCCN(CC(=O)Nc1c(-c2ccccc2)c(C)nn1-c1ccccc1C)C(=O)c1ccc(C)cc1.